The van der Waals surface area contributed by atoms with Crippen LogP contribution in [0.5, 0.6) is 0 Å². The Hall–Kier alpha value is -0.600. The van der Waals surface area contributed by atoms with Crippen LogP contribution in [-0.4, -0.2) is 4.98 Å². The summed E-state index contributed by atoms with van der Waals surface area (Å²) in [6.07, 6.45) is 1.66. The number of rotatable bonds is 1. The maximum absolute atomic E-state index is 5.80. The van der Waals surface area contributed by atoms with E-state index in [1.807, 2.05) is 13.8 Å². The van der Waals surface area contributed by atoms with E-state index in [1.54, 1.807) is 18.3 Å². The molecule has 1 rings (SSSR count). The van der Waals surface area contributed by atoms with E-state index in [2.05, 4.69) is 4.98 Å². The van der Waals surface area contributed by atoms with Gasteiger partial charge in [0.2, 0.25) is 0 Å². The lowest BCUT2D eigenvalue weighted by atomic mass is 10.0. The fourth-order valence-corrected chi connectivity index (χ4v) is 0.917. The molecule has 0 unspecified atom stereocenters. The summed E-state index contributed by atoms with van der Waals surface area (Å²) >= 11 is 5.76. The summed E-state index contributed by atoms with van der Waals surface area (Å²) in [6.45, 7) is 3.79. The highest BCUT2D eigenvalue weighted by Gasteiger charge is 2.15. The summed E-state index contributed by atoms with van der Waals surface area (Å²) in [5.74, 6) is 0. The fourth-order valence-electron chi connectivity index (χ4n) is 0.757. The Morgan fingerprint density at radius 1 is 1.55 bits per heavy atom. The highest BCUT2D eigenvalue weighted by molar-refractivity contribution is 6.30. The Labute approximate surface area is 71.4 Å². The molecule has 1 aromatic heterocycles. The van der Waals surface area contributed by atoms with E-state index in [-0.39, 0.29) is 0 Å². The molecule has 0 aliphatic rings. The number of hydrogen-bond acceptors (Lipinski definition) is 2. The Morgan fingerprint density at radius 2 is 2.18 bits per heavy atom. The van der Waals surface area contributed by atoms with Crippen molar-refractivity contribution in [3.63, 3.8) is 0 Å². The molecule has 0 radical (unpaired) electrons. The number of nitrogens with two attached hydrogens (primary N) is 1. The average Bonchev–Trinajstić information content (AvgIpc) is 1.86. The van der Waals surface area contributed by atoms with E-state index in [1.165, 1.54) is 0 Å². The second-order valence-corrected chi connectivity index (χ2v) is 3.52. The fraction of sp³-hybridized carbons (Fsp3) is 0.375. The van der Waals surface area contributed by atoms with Crippen LogP contribution >= 0.6 is 11.6 Å². The average molecular weight is 171 g/mol. The maximum Gasteiger partial charge on any atom is 0.0611 e. The second-order valence-electron chi connectivity index (χ2n) is 3.08. The first-order chi connectivity index (χ1) is 5.00. The quantitative estimate of drug-likeness (QED) is 0.700. The third-order valence-electron chi connectivity index (χ3n) is 1.38. The van der Waals surface area contributed by atoms with Gasteiger partial charge in [0.15, 0.2) is 0 Å². The first-order valence-corrected chi connectivity index (χ1v) is 3.79. The van der Waals surface area contributed by atoms with Gasteiger partial charge >= 0.3 is 0 Å². The first-order valence-electron chi connectivity index (χ1n) is 3.41. The number of nitrogens with zero attached hydrogens (tertiary/aromatic N) is 1. The molecule has 0 atom stereocenters. The van der Waals surface area contributed by atoms with Crippen LogP contribution in [0.4, 0.5) is 0 Å². The molecular formula is C8H11ClN2. The normalized spacial score (nSPS) is 11.6. The van der Waals surface area contributed by atoms with E-state index in [9.17, 15) is 0 Å². The first kappa shape index (κ1) is 8.50. The molecule has 1 heterocycles. The molecule has 0 bridgehead atoms. The van der Waals surface area contributed by atoms with Gasteiger partial charge in [-0.1, -0.05) is 11.6 Å². The van der Waals surface area contributed by atoms with Gasteiger partial charge in [-0.3, -0.25) is 4.98 Å². The van der Waals surface area contributed by atoms with E-state index in [4.69, 9.17) is 17.3 Å². The van der Waals surface area contributed by atoms with E-state index < -0.39 is 5.54 Å². The lowest BCUT2D eigenvalue weighted by Gasteiger charge is -2.17. The van der Waals surface area contributed by atoms with Gasteiger partial charge in [0.05, 0.1) is 11.2 Å². The van der Waals surface area contributed by atoms with Crippen LogP contribution in [0.25, 0.3) is 0 Å². The lowest BCUT2D eigenvalue weighted by molar-refractivity contribution is 0.535. The molecule has 0 aromatic carbocycles. The highest BCUT2D eigenvalue weighted by atomic mass is 35.5. The summed E-state index contributed by atoms with van der Waals surface area (Å²) in [6, 6.07) is 3.51. The third-order valence-corrected chi connectivity index (χ3v) is 1.62. The molecule has 11 heavy (non-hydrogen) atoms. The zero-order chi connectivity index (χ0) is 8.48. The molecule has 2 N–H and O–H groups in total. The van der Waals surface area contributed by atoms with Crippen LogP contribution in [-0.2, 0) is 5.54 Å². The highest BCUT2D eigenvalue weighted by Crippen LogP contribution is 2.17. The molecule has 0 saturated carbocycles. The molecule has 0 amide bonds. The van der Waals surface area contributed by atoms with Gasteiger partial charge in [-0.05, 0) is 26.0 Å². The van der Waals surface area contributed by atoms with Crippen molar-refractivity contribution in [3.8, 4) is 0 Å². The molecule has 0 aliphatic carbocycles. The number of hydrogen-bond donors (Lipinski definition) is 1. The smallest absolute Gasteiger partial charge is 0.0611 e. The molecular weight excluding hydrogens is 160 g/mol. The van der Waals surface area contributed by atoms with Crippen LogP contribution in [0, 0.1) is 0 Å². The Bertz CT molecular complexity index is 253. The molecule has 0 aliphatic heterocycles. The minimum absolute atomic E-state index is 0.412. The van der Waals surface area contributed by atoms with E-state index in [0.717, 1.165) is 5.69 Å². The molecule has 0 fully saturated rings. The monoisotopic (exact) mass is 170 g/mol. The van der Waals surface area contributed by atoms with Crippen molar-refractivity contribution in [2.75, 3.05) is 0 Å². The Morgan fingerprint density at radius 3 is 2.55 bits per heavy atom. The molecule has 3 heteroatoms. The SMILES string of the molecule is CC(C)(N)c1cc(Cl)ccn1. The lowest BCUT2D eigenvalue weighted by Crippen LogP contribution is -2.29. The van der Waals surface area contributed by atoms with Crippen molar-refractivity contribution < 1.29 is 0 Å². The van der Waals surface area contributed by atoms with Gasteiger partial charge < -0.3 is 5.73 Å². The van der Waals surface area contributed by atoms with Crippen molar-refractivity contribution in [1.82, 2.24) is 4.98 Å². The zero-order valence-corrected chi connectivity index (χ0v) is 7.39. The summed E-state index contributed by atoms with van der Waals surface area (Å²) < 4.78 is 0. The van der Waals surface area contributed by atoms with Gasteiger partial charge in [0.25, 0.3) is 0 Å². The van der Waals surface area contributed by atoms with Crippen molar-refractivity contribution >= 4 is 11.6 Å². The molecule has 60 valence electrons. The van der Waals surface area contributed by atoms with Crippen molar-refractivity contribution in [1.29, 1.82) is 0 Å². The van der Waals surface area contributed by atoms with E-state index in [0.29, 0.717) is 5.02 Å². The summed E-state index contributed by atoms with van der Waals surface area (Å²) in [5.41, 5.74) is 6.20. The van der Waals surface area contributed by atoms with Gasteiger partial charge in [-0.25, -0.2) is 0 Å². The number of pyridine rings is 1. The predicted molar refractivity (Wildman–Crippen MR) is 46.5 cm³/mol. The second kappa shape index (κ2) is 2.80. The third kappa shape index (κ3) is 2.17. The summed E-state index contributed by atoms with van der Waals surface area (Å²) in [7, 11) is 0. The van der Waals surface area contributed by atoms with Gasteiger partial charge in [-0.15, -0.1) is 0 Å². The van der Waals surface area contributed by atoms with Gasteiger partial charge in [0.1, 0.15) is 0 Å². The predicted octanol–water partition coefficient (Wildman–Crippen LogP) is 1.93. The number of halogens is 1. The standard InChI is InChI=1S/C8H11ClN2/c1-8(2,10)7-5-6(9)3-4-11-7/h3-5H,10H2,1-2H3. The van der Waals surface area contributed by atoms with Gasteiger partial charge in [0, 0.05) is 11.2 Å². The maximum atomic E-state index is 5.80. The molecule has 2 nitrogen and oxygen atoms in total. The topological polar surface area (TPSA) is 38.9 Å². The van der Waals surface area contributed by atoms with Crippen molar-refractivity contribution in [3.05, 3.63) is 29.0 Å². The Balaban J connectivity index is 3.06. The largest absolute Gasteiger partial charge is 0.321 e. The van der Waals surface area contributed by atoms with Crippen LogP contribution < -0.4 is 5.73 Å². The summed E-state index contributed by atoms with van der Waals surface area (Å²) in [4.78, 5) is 4.10. The minimum Gasteiger partial charge on any atom is -0.321 e. The molecule has 0 spiro atoms. The van der Waals surface area contributed by atoms with Crippen LogP contribution in [0.3, 0.4) is 0 Å². The summed E-state index contributed by atoms with van der Waals surface area (Å²) in [5, 5.41) is 0.675. The number of aromatic nitrogens is 1. The van der Waals surface area contributed by atoms with Gasteiger partial charge in [-0.2, -0.15) is 0 Å². The van der Waals surface area contributed by atoms with E-state index >= 15 is 0 Å². The minimum atomic E-state index is -0.412. The van der Waals surface area contributed by atoms with Crippen molar-refractivity contribution in [2.24, 2.45) is 5.73 Å². The Kier molecular flexibility index (Phi) is 2.16. The zero-order valence-electron chi connectivity index (χ0n) is 6.63. The van der Waals surface area contributed by atoms with Crippen LogP contribution in [0.2, 0.25) is 5.02 Å². The molecule has 1 aromatic rings. The van der Waals surface area contributed by atoms with Crippen LogP contribution in [0.1, 0.15) is 19.5 Å². The molecule has 0 saturated heterocycles. The van der Waals surface area contributed by atoms with Crippen LogP contribution in [0.15, 0.2) is 18.3 Å². The van der Waals surface area contributed by atoms with Crippen molar-refractivity contribution in [2.45, 2.75) is 19.4 Å².